The Labute approximate surface area is 84.4 Å². The number of nitrogens with zero attached hydrogens (tertiary/aromatic N) is 1. The summed E-state index contributed by atoms with van der Waals surface area (Å²) in [5.41, 5.74) is 0. The highest BCUT2D eigenvalue weighted by Crippen LogP contribution is 1.92. The lowest BCUT2D eigenvalue weighted by molar-refractivity contribution is -0.120. The Hall–Kier alpha value is -1.26. The van der Waals surface area contributed by atoms with E-state index in [4.69, 9.17) is 0 Å². The van der Waals surface area contributed by atoms with E-state index >= 15 is 0 Å². The minimum atomic E-state index is 0.0479. The molecule has 3 N–H and O–H groups in total. The van der Waals surface area contributed by atoms with Gasteiger partial charge < -0.3 is 16.0 Å². The highest BCUT2D eigenvalue weighted by atomic mass is 16.1. The Morgan fingerprint density at radius 3 is 3.21 bits per heavy atom. The van der Waals surface area contributed by atoms with Gasteiger partial charge in [0.05, 0.1) is 0 Å². The van der Waals surface area contributed by atoms with Crippen molar-refractivity contribution >= 4 is 11.9 Å². The lowest BCUT2D eigenvalue weighted by Crippen LogP contribution is -2.38. The average Bonchev–Trinajstić information content (AvgIpc) is 2.46. The van der Waals surface area contributed by atoms with E-state index in [0.717, 1.165) is 31.9 Å². The van der Waals surface area contributed by atoms with E-state index < -0.39 is 0 Å². The van der Waals surface area contributed by atoms with Crippen LogP contribution in [0, 0.1) is 0 Å². The van der Waals surface area contributed by atoms with Crippen molar-refractivity contribution in [3.63, 3.8) is 0 Å². The molecule has 1 aliphatic rings. The van der Waals surface area contributed by atoms with Crippen LogP contribution < -0.4 is 16.0 Å². The molecule has 1 heterocycles. The zero-order valence-corrected chi connectivity index (χ0v) is 8.60. The lowest BCUT2D eigenvalue weighted by Gasteiger charge is -2.08. The van der Waals surface area contributed by atoms with Gasteiger partial charge in [0.25, 0.3) is 0 Å². The predicted molar refractivity (Wildman–Crippen MR) is 56.2 cm³/mol. The number of nitrogens with one attached hydrogen (secondary N) is 3. The molecule has 5 nitrogen and oxygen atoms in total. The summed E-state index contributed by atoms with van der Waals surface area (Å²) in [6.45, 7) is 2.46. The molecule has 80 valence electrons. The van der Waals surface area contributed by atoms with Gasteiger partial charge in [-0.15, -0.1) is 0 Å². The highest BCUT2D eigenvalue weighted by molar-refractivity contribution is 5.81. The van der Waals surface area contributed by atoms with Gasteiger partial charge >= 0.3 is 0 Å². The van der Waals surface area contributed by atoms with E-state index in [0.29, 0.717) is 13.0 Å². The molecule has 0 saturated heterocycles. The minimum absolute atomic E-state index is 0.0479. The number of rotatable bonds is 3. The SMILES string of the molecule is CNC(=O)CCNC1=NCCCCN1. The topological polar surface area (TPSA) is 65.5 Å². The van der Waals surface area contributed by atoms with E-state index in [-0.39, 0.29) is 5.91 Å². The van der Waals surface area contributed by atoms with Gasteiger partial charge in [-0.2, -0.15) is 0 Å². The standard InChI is InChI=1S/C9H18N4O/c1-10-8(14)4-7-13-9-11-5-2-3-6-12-9/h2-7H2,1H3,(H,10,14)(H2,11,12,13). The van der Waals surface area contributed by atoms with Gasteiger partial charge in [0, 0.05) is 33.1 Å². The molecule has 0 bridgehead atoms. The van der Waals surface area contributed by atoms with Gasteiger partial charge in [-0.1, -0.05) is 0 Å². The molecular weight excluding hydrogens is 180 g/mol. The number of carbonyl (C=O) groups is 1. The zero-order chi connectivity index (χ0) is 10.2. The van der Waals surface area contributed by atoms with Crippen molar-refractivity contribution in [3.05, 3.63) is 0 Å². The fourth-order valence-corrected chi connectivity index (χ4v) is 1.23. The average molecular weight is 198 g/mol. The Kier molecular flexibility index (Phi) is 4.82. The van der Waals surface area contributed by atoms with Crippen molar-refractivity contribution in [2.45, 2.75) is 19.3 Å². The summed E-state index contributed by atoms with van der Waals surface area (Å²) < 4.78 is 0. The maximum absolute atomic E-state index is 10.9. The van der Waals surface area contributed by atoms with Crippen molar-refractivity contribution < 1.29 is 4.79 Å². The first kappa shape index (κ1) is 10.8. The van der Waals surface area contributed by atoms with E-state index in [1.54, 1.807) is 7.05 Å². The van der Waals surface area contributed by atoms with Gasteiger partial charge in [0.2, 0.25) is 5.91 Å². The fourth-order valence-electron chi connectivity index (χ4n) is 1.23. The van der Waals surface area contributed by atoms with Crippen LogP contribution in [0.25, 0.3) is 0 Å². The van der Waals surface area contributed by atoms with E-state index in [9.17, 15) is 4.79 Å². The second-order valence-corrected chi connectivity index (χ2v) is 3.21. The lowest BCUT2D eigenvalue weighted by atomic mass is 10.3. The van der Waals surface area contributed by atoms with Crippen molar-refractivity contribution in [1.29, 1.82) is 0 Å². The number of hydrogen-bond donors (Lipinski definition) is 3. The van der Waals surface area contributed by atoms with Crippen LogP contribution in [-0.2, 0) is 4.79 Å². The highest BCUT2D eigenvalue weighted by Gasteiger charge is 2.02. The molecule has 5 heteroatoms. The van der Waals surface area contributed by atoms with Crippen LogP contribution in [0.5, 0.6) is 0 Å². The molecule has 14 heavy (non-hydrogen) atoms. The van der Waals surface area contributed by atoms with Crippen LogP contribution in [0.15, 0.2) is 4.99 Å². The van der Waals surface area contributed by atoms with Crippen LogP contribution in [-0.4, -0.2) is 38.5 Å². The quantitative estimate of drug-likeness (QED) is 0.570. The third-order valence-electron chi connectivity index (χ3n) is 2.07. The number of amides is 1. The van der Waals surface area contributed by atoms with Gasteiger partial charge in [-0.05, 0) is 12.8 Å². The van der Waals surface area contributed by atoms with E-state index in [1.807, 2.05) is 0 Å². The molecule has 0 unspecified atom stereocenters. The molecule has 0 aliphatic carbocycles. The van der Waals surface area contributed by atoms with Crippen molar-refractivity contribution in [3.8, 4) is 0 Å². The maximum Gasteiger partial charge on any atom is 0.221 e. The van der Waals surface area contributed by atoms with Crippen LogP contribution in [0.1, 0.15) is 19.3 Å². The van der Waals surface area contributed by atoms with Crippen LogP contribution in [0.3, 0.4) is 0 Å². The largest absolute Gasteiger partial charge is 0.359 e. The Bertz CT molecular complexity index is 215. The van der Waals surface area contributed by atoms with Crippen molar-refractivity contribution in [2.24, 2.45) is 4.99 Å². The predicted octanol–water partition coefficient (Wildman–Crippen LogP) is -0.548. The second-order valence-electron chi connectivity index (χ2n) is 3.21. The molecule has 0 aromatic carbocycles. The number of carbonyl (C=O) groups excluding carboxylic acids is 1. The summed E-state index contributed by atoms with van der Waals surface area (Å²) >= 11 is 0. The van der Waals surface area contributed by atoms with Crippen LogP contribution in [0.4, 0.5) is 0 Å². The summed E-state index contributed by atoms with van der Waals surface area (Å²) in [6.07, 6.45) is 2.77. The summed E-state index contributed by atoms with van der Waals surface area (Å²) in [4.78, 5) is 15.2. The smallest absolute Gasteiger partial charge is 0.221 e. The van der Waals surface area contributed by atoms with E-state index in [1.165, 1.54) is 0 Å². The summed E-state index contributed by atoms with van der Waals surface area (Å²) in [5.74, 6) is 0.873. The number of aliphatic imine (C=N–C) groups is 1. The van der Waals surface area contributed by atoms with Gasteiger partial charge in [0.1, 0.15) is 0 Å². The first-order chi connectivity index (χ1) is 6.83. The van der Waals surface area contributed by atoms with E-state index in [2.05, 4.69) is 20.9 Å². The molecule has 1 rings (SSSR count). The van der Waals surface area contributed by atoms with Gasteiger partial charge in [-0.3, -0.25) is 9.79 Å². The first-order valence-electron chi connectivity index (χ1n) is 5.05. The number of guanidine groups is 1. The Balaban J connectivity index is 2.16. The molecule has 0 fully saturated rings. The third kappa shape index (κ3) is 4.11. The van der Waals surface area contributed by atoms with Crippen LogP contribution in [0.2, 0.25) is 0 Å². The molecule has 1 aliphatic heterocycles. The summed E-state index contributed by atoms with van der Waals surface area (Å²) in [6, 6.07) is 0. The Morgan fingerprint density at radius 1 is 1.57 bits per heavy atom. The molecule has 1 amide bonds. The third-order valence-corrected chi connectivity index (χ3v) is 2.07. The van der Waals surface area contributed by atoms with Crippen LogP contribution >= 0.6 is 0 Å². The Morgan fingerprint density at radius 2 is 2.43 bits per heavy atom. The summed E-state index contributed by atoms with van der Waals surface area (Å²) in [5, 5.41) is 8.86. The van der Waals surface area contributed by atoms with Crippen molar-refractivity contribution in [2.75, 3.05) is 26.7 Å². The van der Waals surface area contributed by atoms with Crippen molar-refractivity contribution in [1.82, 2.24) is 16.0 Å². The molecule has 0 aromatic rings. The minimum Gasteiger partial charge on any atom is -0.359 e. The van der Waals surface area contributed by atoms with Gasteiger partial charge in [0.15, 0.2) is 5.96 Å². The molecule has 0 aromatic heterocycles. The second kappa shape index (κ2) is 6.23. The first-order valence-corrected chi connectivity index (χ1v) is 5.05. The summed E-state index contributed by atoms with van der Waals surface area (Å²) in [7, 11) is 1.64. The molecule has 0 atom stereocenters. The maximum atomic E-state index is 10.9. The monoisotopic (exact) mass is 198 g/mol. The zero-order valence-electron chi connectivity index (χ0n) is 8.60. The molecule has 0 saturated carbocycles. The normalized spacial score (nSPS) is 16.2. The van der Waals surface area contributed by atoms with Gasteiger partial charge in [-0.25, -0.2) is 0 Å². The number of hydrogen-bond acceptors (Lipinski definition) is 4. The molecular formula is C9H18N4O. The fraction of sp³-hybridized carbons (Fsp3) is 0.778. The molecule has 0 spiro atoms. The molecule has 0 radical (unpaired) electrons.